The Hall–Kier alpha value is -1.64. The van der Waals surface area contributed by atoms with Crippen molar-refractivity contribution in [3.05, 3.63) is 71.8 Å². The molecule has 0 saturated carbocycles. The maximum atomic E-state index is 10.3. The van der Waals surface area contributed by atoms with Gasteiger partial charge in [-0.3, -0.25) is 0 Å². The standard InChI is InChI=1S/C21H28O2/c1-18(16-19-10-4-2-5-11-19)21(22)14-8-9-15-23-17-20-12-6-3-7-13-20/h2-7,10-13,18,21-22H,8-9,14-17H2,1H3/t18-,21-/m1/s1. The van der Waals surface area contributed by atoms with Gasteiger partial charge in [0.1, 0.15) is 0 Å². The van der Waals surface area contributed by atoms with Crippen LogP contribution in [0.2, 0.25) is 0 Å². The second kappa shape index (κ2) is 10.2. The lowest BCUT2D eigenvalue weighted by molar-refractivity contribution is 0.0905. The van der Waals surface area contributed by atoms with E-state index >= 15 is 0 Å². The largest absolute Gasteiger partial charge is 0.393 e. The zero-order valence-corrected chi connectivity index (χ0v) is 14.0. The molecule has 2 heteroatoms. The molecule has 0 aliphatic carbocycles. The van der Waals surface area contributed by atoms with Crippen LogP contribution in [-0.2, 0) is 17.8 Å². The maximum Gasteiger partial charge on any atom is 0.0716 e. The highest BCUT2D eigenvalue weighted by Gasteiger charge is 2.14. The SMILES string of the molecule is C[C@H](Cc1ccccc1)[C@H](O)CCCCOCc1ccccc1. The number of unbranched alkanes of at least 4 members (excludes halogenated alkanes) is 1. The van der Waals surface area contributed by atoms with Gasteiger partial charge in [-0.05, 0) is 42.7 Å². The molecule has 2 aromatic rings. The molecule has 0 aliphatic rings. The van der Waals surface area contributed by atoms with Crippen LogP contribution >= 0.6 is 0 Å². The molecule has 0 fully saturated rings. The van der Waals surface area contributed by atoms with E-state index in [0.717, 1.165) is 32.3 Å². The Kier molecular flexibility index (Phi) is 7.85. The Balaban J connectivity index is 1.55. The predicted molar refractivity (Wildman–Crippen MR) is 95.3 cm³/mol. The molecule has 0 bridgehead atoms. The van der Waals surface area contributed by atoms with Crippen molar-refractivity contribution in [2.45, 2.75) is 45.3 Å². The Morgan fingerprint density at radius 2 is 1.48 bits per heavy atom. The third-order valence-corrected chi connectivity index (χ3v) is 4.21. The molecule has 0 aromatic heterocycles. The number of rotatable bonds is 10. The predicted octanol–water partition coefficient (Wildman–Crippen LogP) is 4.61. The lowest BCUT2D eigenvalue weighted by atomic mass is 9.93. The van der Waals surface area contributed by atoms with Gasteiger partial charge in [-0.2, -0.15) is 0 Å². The molecule has 124 valence electrons. The van der Waals surface area contributed by atoms with Gasteiger partial charge in [-0.15, -0.1) is 0 Å². The van der Waals surface area contributed by atoms with Gasteiger partial charge in [0, 0.05) is 6.61 Å². The lowest BCUT2D eigenvalue weighted by Gasteiger charge is -2.19. The fourth-order valence-corrected chi connectivity index (χ4v) is 2.73. The number of ether oxygens (including phenoxy) is 1. The molecule has 0 radical (unpaired) electrons. The van der Waals surface area contributed by atoms with Crippen LogP contribution in [0.3, 0.4) is 0 Å². The summed E-state index contributed by atoms with van der Waals surface area (Å²) in [7, 11) is 0. The van der Waals surface area contributed by atoms with Gasteiger partial charge in [0.15, 0.2) is 0 Å². The quantitative estimate of drug-likeness (QED) is 0.649. The van der Waals surface area contributed by atoms with E-state index in [0.29, 0.717) is 12.5 Å². The Morgan fingerprint density at radius 1 is 0.870 bits per heavy atom. The van der Waals surface area contributed by atoms with Crippen molar-refractivity contribution in [1.82, 2.24) is 0 Å². The number of benzene rings is 2. The summed E-state index contributed by atoms with van der Waals surface area (Å²) < 4.78 is 5.68. The van der Waals surface area contributed by atoms with Crippen LogP contribution in [0.4, 0.5) is 0 Å². The van der Waals surface area contributed by atoms with E-state index in [4.69, 9.17) is 4.74 Å². The molecule has 2 rings (SSSR count). The van der Waals surface area contributed by atoms with Crippen molar-refractivity contribution < 1.29 is 9.84 Å². The molecule has 23 heavy (non-hydrogen) atoms. The highest BCUT2D eigenvalue weighted by molar-refractivity contribution is 5.15. The van der Waals surface area contributed by atoms with E-state index in [-0.39, 0.29) is 6.10 Å². The van der Waals surface area contributed by atoms with E-state index in [1.54, 1.807) is 0 Å². The topological polar surface area (TPSA) is 29.5 Å². The summed E-state index contributed by atoms with van der Waals surface area (Å²) in [5.41, 5.74) is 2.51. The molecule has 1 N–H and O–H groups in total. The zero-order valence-electron chi connectivity index (χ0n) is 14.0. The van der Waals surface area contributed by atoms with Crippen LogP contribution in [-0.4, -0.2) is 17.8 Å². The zero-order chi connectivity index (χ0) is 16.3. The number of aliphatic hydroxyl groups excluding tert-OH is 1. The molecule has 0 unspecified atom stereocenters. The summed E-state index contributed by atoms with van der Waals surface area (Å²) in [5, 5.41) is 10.3. The summed E-state index contributed by atoms with van der Waals surface area (Å²) in [6.45, 7) is 3.56. The van der Waals surface area contributed by atoms with Crippen molar-refractivity contribution in [2.75, 3.05) is 6.61 Å². The smallest absolute Gasteiger partial charge is 0.0716 e. The molecule has 2 atom stereocenters. The fraction of sp³-hybridized carbons (Fsp3) is 0.429. The van der Waals surface area contributed by atoms with E-state index in [1.165, 1.54) is 11.1 Å². The minimum atomic E-state index is -0.232. The van der Waals surface area contributed by atoms with E-state index in [9.17, 15) is 5.11 Å². The maximum absolute atomic E-state index is 10.3. The first-order valence-electron chi connectivity index (χ1n) is 8.59. The van der Waals surface area contributed by atoms with Crippen molar-refractivity contribution in [2.24, 2.45) is 5.92 Å². The van der Waals surface area contributed by atoms with Crippen molar-refractivity contribution in [3.63, 3.8) is 0 Å². The average molecular weight is 312 g/mol. The summed E-state index contributed by atoms with van der Waals surface area (Å²) in [6.07, 6.45) is 3.57. The van der Waals surface area contributed by atoms with Crippen LogP contribution in [0.15, 0.2) is 60.7 Å². The van der Waals surface area contributed by atoms with Crippen LogP contribution in [0.5, 0.6) is 0 Å². The molecular weight excluding hydrogens is 284 g/mol. The van der Waals surface area contributed by atoms with Gasteiger partial charge in [0.2, 0.25) is 0 Å². The summed E-state index contributed by atoms with van der Waals surface area (Å²) in [4.78, 5) is 0. The van der Waals surface area contributed by atoms with Gasteiger partial charge in [0.25, 0.3) is 0 Å². The number of hydrogen-bond donors (Lipinski definition) is 1. The number of aliphatic hydroxyl groups is 1. The van der Waals surface area contributed by atoms with Crippen LogP contribution in [0.25, 0.3) is 0 Å². The number of hydrogen-bond acceptors (Lipinski definition) is 2. The minimum absolute atomic E-state index is 0.232. The van der Waals surface area contributed by atoms with Crippen LogP contribution < -0.4 is 0 Å². The third kappa shape index (κ3) is 6.98. The van der Waals surface area contributed by atoms with Crippen molar-refractivity contribution in [1.29, 1.82) is 0 Å². The molecule has 0 heterocycles. The molecule has 0 spiro atoms. The molecule has 0 aliphatic heterocycles. The monoisotopic (exact) mass is 312 g/mol. The fourth-order valence-electron chi connectivity index (χ4n) is 2.73. The molecule has 2 aromatic carbocycles. The van der Waals surface area contributed by atoms with Crippen molar-refractivity contribution >= 4 is 0 Å². The highest BCUT2D eigenvalue weighted by atomic mass is 16.5. The minimum Gasteiger partial charge on any atom is -0.393 e. The summed E-state index contributed by atoms with van der Waals surface area (Å²) in [6, 6.07) is 20.6. The Morgan fingerprint density at radius 3 is 2.13 bits per heavy atom. The Bertz CT molecular complexity index is 524. The second-order valence-corrected chi connectivity index (χ2v) is 6.27. The van der Waals surface area contributed by atoms with E-state index in [1.807, 2.05) is 24.3 Å². The summed E-state index contributed by atoms with van der Waals surface area (Å²) >= 11 is 0. The van der Waals surface area contributed by atoms with Crippen molar-refractivity contribution in [3.8, 4) is 0 Å². The van der Waals surface area contributed by atoms with Gasteiger partial charge in [0.05, 0.1) is 12.7 Å². The lowest BCUT2D eigenvalue weighted by Crippen LogP contribution is -2.19. The first kappa shape index (κ1) is 17.7. The normalized spacial score (nSPS) is 13.7. The van der Waals surface area contributed by atoms with Gasteiger partial charge >= 0.3 is 0 Å². The van der Waals surface area contributed by atoms with Crippen LogP contribution in [0.1, 0.15) is 37.3 Å². The molecule has 0 amide bonds. The highest BCUT2D eigenvalue weighted by Crippen LogP contribution is 2.16. The molecule has 0 saturated heterocycles. The van der Waals surface area contributed by atoms with Crippen LogP contribution in [0, 0.1) is 5.92 Å². The molecule has 2 nitrogen and oxygen atoms in total. The summed E-state index contributed by atoms with van der Waals surface area (Å²) in [5.74, 6) is 0.294. The molecular formula is C21H28O2. The Labute approximate surface area is 140 Å². The van der Waals surface area contributed by atoms with Gasteiger partial charge in [-0.25, -0.2) is 0 Å². The first-order valence-corrected chi connectivity index (χ1v) is 8.59. The van der Waals surface area contributed by atoms with E-state index in [2.05, 4.69) is 43.3 Å². The van der Waals surface area contributed by atoms with Gasteiger partial charge in [-0.1, -0.05) is 67.6 Å². The third-order valence-electron chi connectivity index (χ3n) is 4.21. The van der Waals surface area contributed by atoms with Gasteiger partial charge < -0.3 is 9.84 Å². The van der Waals surface area contributed by atoms with E-state index < -0.39 is 0 Å². The first-order chi connectivity index (χ1) is 11.3. The second-order valence-electron chi connectivity index (χ2n) is 6.27. The average Bonchev–Trinajstić information content (AvgIpc) is 2.59.